The molecule has 0 rings (SSSR count). The number of aliphatic carboxylic acids is 1. The number of rotatable bonds is 5. The number of hydrogen-bond donors (Lipinski definition) is 2. The Balaban J connectivity index is 3.76. The Morgan fingerprint density at radius 2 is 2.08 bits per heavy atom. The molecule has 0 unspecified atom stereocenters. The van der Waals surface area contributed by atoms with Crippen molar-refractivity contribution in [1.29, 1.82) is 0 Å². The van der Waals surface area contributed by atoms with Gasteiger partial charge in [0.05, 0.1) is 0 Å². The molecular weight excluding hydrogens is 154 g/mol. The van der Waals surface area contributed by atoms with Crippen LogP contribution in [0, 0.1) is 0 Å². The zero-order valence-electron chi connectivity index (χ0n) is 7.98. The first-order chi connectivity index (χ1) is 5.36. The molecule has 0 aliphatic rings. The first-order valence-corrected chi connectivity index (χ1v) is 3.99. The van der Waals surface area contributed by atoms with Crippen molar-refractivity contribution in [2.45, 2.75) is 32.7 Å². The summed E-state index contributed by atoms with van der Waals surface area (Å²) >= 11 is 0. The van der Waals surface area contributed by atoms with Gasteiger partial charge >= 0.3 is 5.97 Å². The van der Waals surface area contributed by atoms with Crippen LogP contribution in [-0.2, 0) is 4.79 Å². The van der Waals surface area contributed by atoms with E-state index in [2.05, 4.69) is 11.9 Å². The van der Waals surface area contributed by atoms with E-state index in [1.54, 1.807) is 13.8 Å². The van der Waals surface area contributed by atoms with E-state index in [0.29, 0.717) is 6.54 Å². The summed E-state index contributed by atoms with van der Waals surface area (Å²) in [4.78, 5) is 10.6. The van der Waals surface area contributed by atoms with E-state index in [9.17, 15) is 4.79 Å². The molecule has 3 heteroatoms. The minimum Gasteiger partial charge on any atom is -0.480 e. The van der Waals surface area contributed by atoms with Crippen LogP contribution in [0.3, 0.4) is 0 Å². The van der Waals surface area contributed by atoms with Gasteiger partial charge in [-0.2, -0.15) is 0 Å². The SMILES string of the molecule is C=C(C)CCNC(C)(C)C(=O)O. The number of nitrogens with one attached hydrogen (secondary N) is 1. The second kappa shape index (κ2) is 4.26. The summed E-state index contributed by atoms with van der Waals surface area (Å²) in [6, 6.07) is 0. The van der Waals surface area contributed by atoms with Gasteiger partial charge in [-0.1, -0.05) is 5.57 Å². The van der Waals surface area contributed by atoms with Gasteiger partial charge in [-0.3, -0.25) is 4.79 Å². The Kier molecular flexibility index (Phi) is 3.96. The van der Waals surface area contributed by atoms with Gasteiger partial charge in [0.15, 0.2) is 0 Å². The molecule has 0 spiro atoms. The average molecular weight is 171 g/mol. The topological polar surface area (TPSA) is 49.3 Å². The second-order valence-electron chi connectivity index (χ2n) is 3.56. The second-order valence-corrected chi connectivity index (χ2v) is 3.56. The van der Waals surface area contributed by atoms with Crippen molar-refractivity contribution in [1.82, 2.24) is 5.32 Å². The number of carbonyl (C=O) groups is 1. The molecule has 0 bridgehead atoms. The standard InChI is InChI=1S/C9H17NO2/c1-7(2)5-6-10-9(3,4)8(11)12/h10H,1,5-6H2,2-4H3,(H,11,12). The van der Waals surface area contributed by atoms with Gasteiger partial charge < -0.3 is 10.4 Å². The quantitative estimate of drug-likeness (QED) is 0.615. The predicted molar refractivity (Wildman–Crippen MR) is 49.1 cm³/mol. The molecule has 0 aromatic carbocycles. The highest BCUT2D eigenvalue weighted by atomic mass is 16.4. The molecule has 0 atom stereocenters. The highest BCUT2D eigenvalue weighted by Gasteiger charge is 2.25. The lowest BCUT2D eigenvalue weighted by Gasteiger charge is -2.20. The summed E-state index contributed by atoms with van der Waals surface area (Å²) in [7, 11) is 0. The first-order valence-electron chi connectivity index (χ1n) is 3.99. The van der Waals surface area contributed by atoms with Crippen LogP contribution in [0.25, 0.3) is 0 Å². The van der Waals surface area contributed by atoms with Gasteiger partial charge in [0.2, 0.25) is 0 Å². The van der Waals surface area contributed by atoms with Crippen LogP contribution < -0.4 is 5.32 Å². The lowest BCUT2D eigenvalue weighted by atomic mass is 10.1. The molecule has 0 aromatic rings. The largest absolute Gasteiger partial charge is 0.480 e. The van der Waals surface area contributed by atoms with E-state index in [1.165, 1.54) is 0 Å². The third kappa shape index (κ3) is 4.13. The van der Waals surface area contributed by atoms with Crippen molar-refractivity contribution < 1.29 is 9.90 Å². The van der Waals surface area contributed by atoms with E-state index in [1.807, 2.05) is 6.92 Å². The Labute approximate surface area is 73.5 Å². The predicted octanol–water partition coefficient (Wildman–Crippen LogP) is 1.41. The van der Waals surface area contributed by atoms with Crippen LogP contribution in [0.4, 0.5) is 0 Å². The fourth-order valence-corrected chi connectivity index (χ4v) is 0.664. The van der Waals surface area contributed by atoms with Gasteiger partial charge in [-0.25, -0.2) is 0 Å². The number of hydrogen-bond acceptors (Lipinski definition) is 2. The summed E-state index contributed by atoms with van der Waals surface area (Å²) in [5.74, 6) is -0.829. The third-order valence-corrected chi connectivity index (χ3v) is 1.65. The molecule has 0 aliphatic heterocycles. The molecule has 0 fully saturated rings. The van der Waals surface area contributed by atoms with Crippen LogP contribution in [0.1, 0.15) is 27.2 Å². The number of carboxylic acid groups (broad SMARTS) is 1. The van der Waals surface area contributed by atoms with Crippen molar-refractivity contribution in [2.24, 2.45) is 0 Å². The molecule has 0 amide bonds. The molecule has 0 heterocycles. The van der Waals surface area contributed by atoms with Crippen molar-refractivity contribution in [3.63, 3.8) is 0 Å². The molecule has 3 nitrogen and oxygen atoms in total. The Bertz CT molecular complexity index is 185. The third-order valence-electron chi connectivity index (χ3n) is 1.65. The fourth-order valence-electron chi connectivity index (χ4n) is 0.664. The Hall–Kier alpha value is -0.830. The maximum Gasteiger partial charge on any atom is 0.323 e. The fraction of sp³-hybridized carbons (Fsp3) is 0.667. The molecule has 2 N–H and O–H groups in total. The molecule has 0 saturated heterocycles. The summed E-state index contributed by atoms with van der Waals surface area (Å²) in [6.07, 6.45) is 0.816. The highest BCUT2D eigenvalue weighted by molar-refractivity contribution is 5.77. The minimum absolute atomic E-state index is 0.661. The lowest BCUT2D eigenvalue weighted by molar-refractivity contribution is -0.143. The average Bonchev–Trinajstić information content (AvgIpc) is 1.85. The van der Waals surface area contributed by atoms with Crippen LogP contribution in [0.2, 0.25) is 0 Å². The molecule has 12 heavy (non-hydrogen) atoms. The van der Waals surface area contributed by atoms with Crippen LogP contribution >= 0.6 is 0 Å². The zero-order valence-corrected chi connectivity index (χ0v) is 7.98. The summed E-state index contributed by atoms with van der Waals surface area (Å²) < 4.78 is 0. The Morgan fingerprint density at radius 3 is 2.42 bits per heavy atom. The van der Waals surface area contributed by atoms with Gasteiger partial charge in [0, 0.05) is 0 Å². The maximum atomic E-state index is 10.6. The van der Waals surface area contributed by atoms with Crippen molar-refractivity contribution in [2.75, 3.05) is 6.54 Å². The summed E-state index contributed by atoms with van der Waals surface area (Å²) in [5, 5.41) is 11.7. The van der Waals surface area contributed by atoms with Gasteiger partial charge in [-0.05, 0) is 33.7 Å². The Morgan fingerprint density at radius 1 is 1.58 bits per heavy atom. The van der Waals surface area contributed by atoms with Crippen molar-refractivity contribution in [3.8, 4) is 0 Å². The molecule has 0 aliphatic carbocycles. The van der Waals surface area contributed by atoms with Crippen LogP contribution in [0.15, 0.2) is 12.2 Å². The van der Waals surface area contributed by atoms with E-state index >= 15 is 0 Å². The van der Waals surface area contributed by atoms with E-state index in [0.717, 1.165) is 12.0 Å². The first kappa shape index (κ1) is 11.2. The zero-order chi connectivity index (χ0) is 9.78. The van der Waals surface area contributed by atoms with E-state index in [-0.39, 0.29) is 0 Å². The van der Waals surface area contributed by atoms with Gasteiger partial charge in [0.25, 0.3) is 0 Å². The minimum atomic E-state index is -0.838. The summed E-state index contributed by atoms with van der Waals surface area (Å²) in [6.45, 7) is 9.61. The normalized spacial score (nSPS) is 11.2. The number of carboxylic acids is 1. The van der Waals surface area contributed by atoms with Gasteiger partial charge in [0.1, 0.15) is 5.54 Å². The van der Waals surface area contributed by atoms with Crippen LogP contribution in [-0.4, -0.2) is 23.2 Å². The van der Waals surface area contributed by atoms with Crippen LogP contribution in [0.5, 0.6) is 0 Å². The lowest BCUT2D eigenvalue weighted by Crippen LogP contribution is -2.47. The maximum absolute atomic E-state index is 10.6. The monoisotopic (exact) mass is 171 g/mol. The van der Waals surface area contributed by atoms with Gasteiger partial charge in [-0.15, -0.1) is 6.58 Å². The summed E-state index contributed by atoms with van der Waals surface area (Å²) in [5.41, 5.74) is 0.221. The van der Waals surface area contributed by atoms with E-state index in [4.69, 9.17) is 5.11 Å². The molecule has 0 radical (unpaired) electrons. The smallest absolute Gasteiger partial charge is 0.323 e. The van der Waals surface area contributed by atoms with Crippen molar-refractivity contribution in [3.05, 3.63) is 12.2 Å². The highest BCUT2D eigenvalue weighted by Crippen LogP contribution is 2.02. The molecule has 70 valence electrons. The van der Waals surface area contributed by atoms with Crippen molar-refractivity contribution >= 4 is 5.97 Å². The molecular formula is C9H17NO2. The molecule has 0 aromatic heterocycles. The molecule has 0 saturated carbocycles. The van der Waals surface area contributed by atoms with E-state index < -0.39 is 11.5 Å².